The molecule has 0 amide bonds. The van der Waals surface area contributed by atoms with Crippen molar-refractivity contribution in [3.8, 4) is 11.5 Å². The molecule has 0 saturated heterocycles. The lowest BCUT2D eigenvalue weighted by Gasteiger charge is -2.33. The predicted octanol–water partition coefficient (Wildman–Crippen LogP) is 3.33. The average molecular weight is 316 g/mol. The Morgan fingerprint density at radius 1 is 1.22 bits per heavy atom. The van der Waals surface area contributed by atoms with Crippen molar-refractivity contribution >= 4 is 16.7 Å². The van der Waals surface area contributed by atoms with Crippen molar-refractivity contribution in [2.75, 3.05) is 14.2 Å². The van der Waals surface area contributed by atoms with Crippen molar-refractivity contribution in [1.29, 1.82) is 0 Å². The second-order valence-corrected chi connectivity index (χ2v) is 5.71. The minimum absolute atomic E-state index is 0.0257. The molecular weight excluding hydrogens is 296 g/mol. The van der Waals surface area contributed by atoms with E-state index in [1.807, 2.05) is 31.2 Å². The number of hydrogen-bond donors (Lipinski definition) is 1. The maximum absolute atomic E-state index is 11.0. The second kappa shape index (κ2) is 6.08. The molecule has 0 bridgehead atoms. The Labute approximate surface area is 134 Å². The Hall–Kier alpha value is -2.27. The highest BCUT2D eigenvalue weighted by molar-refractivity contribution is 5.96. The summed E-state index contributed by atoms with van der Waals surface area (Å²) < 4.78 is 17.2. The lowest BCUT2D eigenvalue weighted by molar-refractivity contribution is -0.141. The molecule has 0 radical (unpaired) electrons. The molecule has 0 fully saturated rings. The van der Waals surface area contributed by atoms with E-state index in [4.69, 9.17) is 19.3 Å². The number of benzene rings is 2. The van der Waals surface area contributed by atoms with Gasteiger partial charge in [-0.2, -0.15) is 0 Å². The zero-order valence-electron chi connectivity index (χ0n) is 13.5. The quantitative estimate of drug-likeness (QED) is 0.937. The molecule has 122 valence electrons. The third-order valence-corrected chi connectivity index (χ3v) is 4.31. The molecule has 1 N–H and O–H groups in total. The first-order valence-corrected chi connectivity index (χ1v) is 7.59. The van der Waals surface area contributed by atoms with Crippen LogP contribution in [0.25, 0.3) is 10.8 Å². The highest BCUT2D eigenvalue weighted by Gasteiger charge is 2.33. The van der Waals surface area contributed by atoms with Gasteiger partial charge in [-0.15, -0.1) is 0 Å². The zero-order valence-corrected chi connectivity index (χ0v) is 13.5. The van der Waals surface area contributed by atoms with Gasteiger partial charge in [0.25, 0.3) is 0 Å². The average Bonchev–Trinajstić information content (AvgIpc) is 2.52. The van der Waals surface area contributed by atoms with Crippen molar-refractivity contribution < 1.29 is 24.1 Å². The summed E-state index contributed by atoms with van der Waals surface area (Å²) in [6, 6.07) is 7.89. The first kappa shape index (κ1) is 15.6. The summed E-state index contributed by atoms with van der Waals surface area (Å²) in [5.41, 5.74) is 1.93. The molecule has 0 spiro atoms. The van der Waals surface area contributed by atoms with Crippen LogP contribution in [0.2, 0.25) is 0 Å². The molecule has 2 aromatic carbocycles. The fourth-order valence-electron chi connectivity index (χ4n) is 3.48. The van der Waals surface area contributed by atoms with Gasteiger partial charge in [-0.05, 0) is 6.92 Å². The van der Waals surface area contributed by atoms with Crippen LogP contribution in [0.3, 0.4) is 0 Å². The molecule has 0 aliphatic carbocycles. The number of aliphatic carboxylic acids is 1. The standard InChI is InChI=1S/C18H20O5/c1-10-16-14(8-11(23-10)9-15(19)20)17(21-2)12-6-4-5-7-13(12)18(16)22-3/h4-7,10-11H,8-9H2,1-3H3,(H,19,20)/t10-,11+/m1/s1. The second-order valence-electron chi connectivity index (χ2n) is 5.71. The summed E-state index contributed by atoms with van der Waals surface area (Å²) in [5.74, 6) is 0.692. The van der Waals surface area contributed by atoms with E-state index < -0.39 is 5.97 Å². The van der Waals surface area contributed by atoms with Gasteiger partial charge in [0.15, 0.2) is 0 Å². The number of carboxylic acids is 1. The Morgan fingerprint density at radius 2 is 1.83 bits per heavy atom. The van der Waals surface area contributed by atoms with E-state index >= 15 is 0 Å². The van der Waals surface area contributed by atoms with E-state index in [1.165, 1.54) is 0 Å². The summed E-state index contributed by atoms with van der Waals surface area (Å²) in [6.07, 6.45) is -0.148. The maximum Gasteiger partial charge on any atom is 0.305 e. The summed E-state index contributed by atoms with van der Waals surface area (Å²) in [5, 5.41) is 11.0. The van der Waals surface area contributed by atoms with E-state index in [1.54, 1.807) is 14.2 Å². The lowest BCUT2D eigenvalue weighted by Crippen LogP contribution is -2.28. The van der Waals surface area contributed by atoms with Gasteiger partial charge in [-0.25, -0.2) is 0 Å². The molecule has 3 rings (SSSR count). The number of carbonyl (C=O) groups is 1. The van der Waals surface area contributed by atoms with E-state index in [0.717, 1.165) is 33.4 Å². The van der Waals surface area contributed by atoms with E-state index in [0.29, 0.717) is 6.42 Å². The minimum atomic E-state index is -0.864. The number of methoxy groups -OCH3 is 2. The molecule has 0 unspecified atom stereocenters. The molecule has 2 aromatic rings. The summed E-state index contributed by atoms with van der Waals surface area (Å²) >= 11 is 0. The number of rotatable bonds is 4. The van der Waals surface area contributed by atoms with Crippen LogP contribution in [0.4, 0.5) is 0 Å². The first-order chi connectivity index (χ1) is 11.1. The fourth-order valence-corrected chi connectivity index (χ4v) is 3.48. The van der Waals surface area contributed by atoms with Gasteiger partial charge in [0.1, 0.15) is 11.5 Å². The van der Waals surface area contributed by atoms with Crippen molar-refractivity contribution in [3.63, 3.8) is 0 Å². The molecule has 0 saturated carbocycles. The summed E-state index contributed by atoms with van der Waals surface area (Å²) in [4.78, 5) is 11.0. The third kappa shape index (κ3) is 2.61. The van der Waals surface area contributed by atoms with Crippen molar-refractivity contribution in [2.45, 2.75) is 32.0 Å². The lowest BCUT2D eigenvalue weighted by atomic mass is 9.88. The van der Waals surface area contributed by atoms with Gasteiger partial charge in [0.05, 0.1) is 32.8 Å². The van der Waals surface area contributed by atoms with Gasteiger partial charge in [0.2, 0.25) is 0 Å². The zero-order chi connectivity index (χ0) is 16.6. The van der Waals surface area contributed by atoms with E-state index in [2.05, 4.69) is 0 Å². The van der Waals surface area contributed by atoms with Crippen molar-refractivity contribution in [2.24, 2.45) is 0 Å². The molecule has 5 heteroatoms. The number of hydrogen-bond acceptors (Lipinski definition) is 4. The normalized spacial score (nSPS) is 20.1. The maximum atomic E-state index is 11.0. The Balaban J connectivity index is 2.25. The van der Waals surface area contributed by atoms with E-state index in [-0.39, 0.29) is 18.6 Å². The number of fused-ring (bicyclic) bond motifs is 2. The first-order valence-electron chi connectivity index (χ1n) is 7.59. The number of ether oxygens (including phenoxy) is 3. The fraction of sp³-hybridized carbons (Fsp3) is 0.389. The Bertz CT molecular complexity index is 753. The molecule has 2 atom stereocenters. The van der Waals surface area contributed by atoms with Crippen molar-refractivity contribution in [1.82, 2.24) is 0 Å². The van der Waals surface area contributed by atoms with Crippen LogP contribution in [0.5, 0.6) is 11.5 Å². The topological polar surface area (TPSA) is 65.0 Å². The molecule has 5 nitrogen and oxygen atoms in total. The molecule has 1 heterocycles. The van der Waals surface area contributed by atoms with Crippen LogP contribution in [0.1, 0.15) is 30.6 Å². The van der Waals surface area contributed by atoms with Crippen LogP contribution >= 0.6 is 0 Å². The highest BCUT2D eigenvalue weighted by atomic mass is 16.5. The van der Waals surface area contributed by atoms with Crippen LogP contribution in [0, 0.1) is 0 Å². The Morgan fingerprint density at radius 3 is 2.39 bits per heavy atom. The third-order valence-electron chi connectivity index (χ3n) is 4.31. The predicted molar refractivity (Wildman–Crippen MR) is 86.3 cm³/mol. The van der Waals surface area contributed by atoms with Crippen LogP contribution in [0.15, 0.2) is 24.3 Å². The molecule has 1 aliphatic rings. The molecular formula is C18H20O5. The van der Waals surface area contributed by atoms with Crippen LogP contribution < -0.4 is 9.47 Å². The SMILES string of the molecule is COc1c2c(c(OC)c3ccccc13)[C@@H](C)O[C@H](CC(=O)O)C2. The van der Waals surface area contributed by atoms with Crippen LogP contribution in [-0.4, -0.2) is 31.4 Å². The van der Waals surface area contributed by atoms with Gasteiger partial charge in [-0.3, -0.25) is 4.79 Å². The number of carboxylic acid groups (broad SMARTS) is 1. The van der Waals surface area contributed by atoms with Crippen LogP contribution in [-0.2, 0) is 16.0 Å². The van der Waals surface area contributed by atoms with E-state index in [9.17, 15) is 4.79 Å². The highest BCUT2D eigenvalue weighted by Crippen LogP contribution is 2.47. The van der Waals surface area contributed by atoms with Gasteiger partial charge >= 0.3 is 5.97 Å². The smallest absolute Gasteiger partial charge is 0.305 e. The summed E-state index contributed by atoms with van der Waals surface area (Å²) in [6.45, 7) is 1.92. The largest absolute Gasteiger partial charge is 0.496 e. The Kier molecular flexibility index (Phi) is 4.13. The summed E-state index contributed by atoms with van der Waals surface area (Å²) in [7, 11) is 3.28. The molecule has 0 aromatic heterocycles. The van der Waals surface area contributed by atoms with Crippen molar-refractivity contribution in [3.05, 3.63) is 35.4 Å². The monoisotopic (exact) mass is 316 g/mol. The van der Waals surface area contributed by atoms with Gasteiger partial charge in [0, 0.05) is 28.3 Å². The molecule has 1 aliphatic heterocycles. The molecule has 23 heavy (non-hydrogen) atoms. The van der Waals surface area contributed by atoms with Gasteiger partial charge in [-0.1, -0.05) is 24.3 Å². The van der Waals surface area contributed by atoms with Gasteiger partial charge < -0.3 is 19.3 Å². The minimum Gasteiger partial charge on any atom is -0.496 e.